The summed E-state index contributed by atoms with van der Waals surface area (Å²) in [5, 5.41) is 12.0. The van der Waals surface area contributed by atoms with Gasteiger partial charge in [0, 0.05) is 25.6 Å². The third-order valence-electron chi connectivity index (χ3n) is 4.83. The number of fused-ring (bicyclic) bond motifs is 1. The van der Waals surface area contributed by atoms with Crippen LogP contribution in [0, 0.1) is 17.5 Å². The van der Waals surface area contributed by atoms with Crippen molar-refractivity contribution in [1.82, 2.24) is 25.1 Å². The molecule has 0 spiro atoms. The van der Waals surface area contributed by atoms with Crippen LogP contribution in [0.3, 0.4) is 0 Å². The zero-order valence-corrected chi connectivity index (χ0v) is 15.1. The van der Waals surface area contributed by atoms with Crippen molar-refractivity contribution >= 4 is 5.91 Å². The molecule has 10 heteroatoms. The van der Waals surface area contributed by atoms with Crippen molar-refractivity contribution in [2.45, 2.75) is 25.8 Å². The van der Waals surface area contributed by atoms with Crippen molar-refractivity contribution in [3.05, 3.63) is 52.6 Å². The molecular formula is C18H16F3N5O2. The first-order valence-corrected chi connectivity index (χ1v) is 8.63. The summed E-state index contributed by atoms with van der Waals surface area (Å²) in [6.45, 7) is 2.20. The van der Waals surface area contributed by atoms with Crippen LogP contribution in [0.25, 0.3) is 11.5 Å². The number of aryl methyl sites for hydroxylation is 1. The topological polar surface area (TPSA) is 77.1 Å². The molecule has 3 aromatic rings. The number of carbonyl (C=O) groups excluding carboxylic acids is 1. The highest BCUT2D eigenvalue weighted by Gasteiger charge is 2.34. The molecule has 0 saturated carbocycles. The van der Waals surface area contributed by atoms with Crippen molar-refractivity contribution in [3.8, 4) is 11.5 Å². The van der Waals surface area contributed by atoms with Gasteiger partial charge < -0.3 is 9.42 Å². The fourth-order valence-electron chi connectivity index (χ4n) is 3.48. The van der Waals surface area contributed by atoms with E-state index in [1.807, 2.05) is 6.92 Å². The summed E-state index contributed by atoms with van der Waals surface area (Å²) in [7, 11) is 1.72. The van der Waals surface area contributed by atoms with Crippen LogP contribution < -0.4 is 0 Å². The number of halogens is 3. The van der Waals surface area contributed by atoms with E-state index in [1.165, 1.54) is 4.68 Å². The van der Waals surface area contributed by atoms with E-state index in [0.717, 1.165) is 23.4 Å². The Balaban J connectivity index is 1.60. The Morgan fingerprint density at radius 2 is 2.00 bits per heavy atom. The molecular weight excluding hydrogens is 375 g/mol. The van der Waals surface area contributed by atoms with Crippen LogP contribution in [0.15, 0.2) is 22.9 Å². The van der Waals surface area contributed by atoms with Gasteiger partial charge in [-0.1, -0.05) is 10.4 Å². The van der Waals surface area contributed by atoms with E-state index in [1.54, 1.807) is 18.1 Å². The Bertz CT molecular complexity index is 1040. The van der Waals surface area contributed by atoms with Gasteiger partial charge in [-0.3, -0.25) is 9.48 Å². The third kappa shape index (κ3) is 3.04. The first-order valence-electron chi connectivity index (χ1n) is 8.63. The van der Waals surface area contributed by atoms with Crippen LogP contribution in [-0.4, -0.2) is 37.5 Å². The average Bonchev–Trinajstić information content (AvgIpc) is 3.26. The number of amides is 1. The average molecular weight is 391 g/mol. The van der Waals surface area contributed by atoms with Gasteiger partial charge in [-0.05, 0) is 24.6 Å². The fraction of sp³-hybridized carbons (Fsp3) is 0.333. The monoisotopic (exact) mass is 391 g/mol. The summed E-state index contributed by atoms with van der Waals surface area (Å²) >= 11 is 0. The summed E-state index contributed by atoms with van der Waals surface area (Å²) in [6.07, 6.45) is 1.90. The Hall–Kier alpha value is -3.17. The van der Waals surface area contributed by atoms with E-state index in [4.69, 9.17) is 4.52 Å². The van der Waals surface area contributed by atoms with Crippen molar-refractivity contribution in [3.63, 3.8) is 0 Å². The van der Waals surface area contributed by atoms with E-state index in [9.17, 15) is 18.0 Å². The molecule has 0 fully saturated rings. The highest BCUT2D eigenvalue weighted by molar-refractivity contribution is 5.80. The van der Waals surface area contributed by atoms with Crippen molar-refractivity contribution < 1.29 is 22.5 Å². The molecule has 1 aliphatic rings. The van der Waals surface area contributed by atoms with Crippen LogP contribution in [-0.2, 0) is 24.7 Å². The van der Waals surface area contributed by atoms with Crippen molar-refractivity contribution in [2.24, 2.45) is 7.05 Å². The minimum absolute atomic E-state index is 0.0684. The Kier molecular flexibility index (Phi) is 4.40. The number of aromatic nitrogens is 4. The Morgan fingerprint density at radius 3 is 2.64 bits per heavy atom. The number of carbonyl (C=O) groups is 1. The van der Waals surface area contributed by atoms with E-state index in [-0.39, 0.29) is 23.9 Å². The number of hydrogen-bond acceptors (Lipinski definition) is 5. The van der Waals surface area contributed by atoms with Gasteiger partial charge in [-0.15, -0.1) is 5.10 Å². The van der Waals surface area contributed by atoms with E-state index in [0.29, 0.717) is 24.4 Å². The number of rotatable bonds is 3. The molecule has 1 atom stereocenters. The van der Waals surface area contributed by atoms with E-state index >= 15 is 0 Å². The molecule has 7 nitrogen and oxygen atoms in total. The van der Waals surface area contributed by atoms with Gasteiger partial charge >= 0.3 is 0 Å². The Morgan fingerprint density at radius 1 is 1.29 bits per heavy atom. The lowest BCUT2D eigenvalue weighted by atomic mass is 9.96. The van der Waals surface area contributed by atoms with Crippen LogP contribution in [0.4, 0.5) is 13.2 Å². The highest BCUT2D eigenvalue weighted by Crippen LogP contribution is 2.36. The molecule has 28 heavy (non-hydrogen) atoms. The molecule has 2 aromatic heterocycles. The molecule has 4 rings (SSSR count). The van der Waals surface area contributed by atoms with Gasteiger partial charge in [0.05, 0.1) is 24.4 Å². The van der Waals surface area contributed by atoms with E-state index in [2.05, 4.69) is 15.5 Å². The maximum atomic E-state index is 13.4. The molecule has 0 bridgehead atoms. The number of nitrogens with zero attached hydrogens (tertiary/aromatic N) is 5. The molecule has 1 aromatic carbocycles. The van der Waals surface area contributed by atoms with Crippen molar-refractivity contribution in [1.29, 1.82) is 0 Å². The van der Waals surface area contributed by atoms with Gasteiger partial charge in [0.15, 0.2) is 28.9 Å². The molecule has 0 radical (unpaired) electrons. The quantitative estimate of drug-likeness (QED) is 0.642. The van der Waals surface area contributed by atoms with Crippen LogP contribution in [0.2, 0.25) is 0 Å². The molecule has 1 aliphatic heterocycles. The second-order valence-corrected chi connectivity index (χ2v) is 6.71. The largest absolute Gasteiger partial charge is 0.354 e. The SMILES string of the molecule is C[C@H]1c2c(noc2-c2cn(C)nn2)CCN1C(=O)Cc1cc(F)c(F)c(F)c1. The minimum Gasteiger partial charge on any atom is -0.354 e. The first-order chi connectivity index (χ1) is 13.3. The highest BCUT2D eigenvalue weighted by atomic mass is 19.2. The van der Waals surface area contributed by atoms with Crippen LogP contribution in [0.5, 0.6) is 0 Å². The number of hydrogen-bond donors (Lipinski definition) is 0. The zero-order valence-electron chi connectivity index (χ0n) is 15.1. The van der Waals surface area contributed by atoms with Gasteiger partial charge in [-0.2, -0.15) is 0 Å². The van der Waals surface area contributed by atoms with E-state index < -0.39 is 17.5 Å². The summed E-state index contributed by atoms with van der Waals surface area (Å²) < 4.78 is 47.0. The first kappa shape index (κ1) is 18.2. The van der Waals surface area contributed by atoms with Crippen molar-refractivity contribution in [2.75, 3.05) is 6.54 Å². The molecule has 1 amide bonds. The lowest BCUT2D eigenvalue weighted by Crippen LogP contribution is -2.39. The lowest BCUT2D eigenvalue weighted by molar-refractivity contribution is -0.133. The normalized spacial score (nSPS) is 16.3. The van der Waals surface area contributed by atoms with Gasteiger partial charge in [0.2, 0.25) is 5.91 Å². The standard InChI is InChI=1S/C18H16F3N5O2/c1-9-16-13(23-28-18(16)14-8-25(2)24-22-14)3-4-26(9)15(27)7-10-5-11(19)17(21)12(20)6-10/h5-6,8-9H,3-4,7H2,1-2H3/t9-/m0/s1. The molecule has 146 valence electrons. The molecule has 0 saturated heterocycles. The third-order valence-corrected chi connectivity index (χ3v) is 4.83. The second kappa shape index (κ2) is 6.77. The summed E-state index contributed by atoms with van der Waals surface area (Å²) in [5.41, 5.74) is 2.03. The molecule has 0 aliphatic carbocycles. The summed E-state index contributed by atoms with van der Waals surface area (Å²) in [4.78, 5) is 14.4. The maximum absolute atomic E-state index is 13.4. The zero-order chi connectivity index (χ0) is 20.0. The smallest absolute Gasteiger partial charge is 0.227 e. The molecule has 3 heterocycles. The van der Waals surface area contributed by atoms with Gasteiger partial charge in [0.25, 0.3) is 0 Å². The molecule has 0 N–H and O–H groups in total. The summed E-state index contributed by atoms with van der Waals surface area (Å²) in [6, 6.07) is 1.29. The second-order valence-electron chi connectivity index (χ2n) is 6.71. The lowest BCUT2D eigenvalue weighted by Gasteiger charge is -2.33. The summed E-state index contributed by atoms with van der Waals surface area (Å²) in [5.74, 6) is -4.09. The minimum atomic E-state index is -1.55. The van der Waals surface area contributed by atoms with Crippen LogP contribution in [0.1, 0.15) is 29.8 Å². The fourth-order valence-corrected chi connectivity index (χ4v) is 3.48. The predicted octanol–water partition coefficient (Wildman–Crippen LogP) is 2.58. The molecule has 0 unspecified atom stereocenters. The van der Waals surface area contributed by atoms with Gasteiger partial charge in [-0.25, -0.2) is 13.2 Å². The van der Waals surface area contributed by atoms with Gasteiger partial charge in [0.1, 0.15) is 0 Å². The Labute approximate surface area is 157 Å². The predicted molar refractivity (Wildman–Crippen MR) is 90.4 cm³/mol. The maximum Gasteiger partial charge on any atom is 0.227 e. The van der Waals surface area contributed by atoms with Crippen LogP contribution >= 0.6 is 0 Å². The number of benzene rings is 1.